The van der Waals surface area contributed by atoms with Crippen LogP contribution in [-0.4, -0.2) is 36.2 Å². The molecule has 1 saturated heterocycles. The van der Waals surface area contributed by atoms with Gasteiger partial charge in [-0.1, -0.05) is 23.2 Å². The van der Waals surface area contributed by atoms with Crippen molar-refractivity contribution in [1.29, 1.82) is 0 Å². The first-order valence-corrected chi connectivity index (χ1v) is 6.45. The minimum absolute atomic E-state index is 0.177. The second kappa shape index (κ2) is 5.47. The van der Waals surface area contributed by atoms with E-state index in [4.69, 9.17) is 23.2 Å². The van der Waals surface area contributed by atoms with Gasteiger partial charge in [-0.25, -0.2) is 4.39 Å². The third-order valence-electron chi connectivity index (χ3n) is 3.01. The largest absolute Gasteiger partial charge is 0.352 e. The van der Waals surface area contributed by atoms with Gasteiger partial charge in [0.15, 0.2) is 0 Å². The Labute approximate surface area is 114 Å². The van der Waals surface area contributed by atoms with Gasteiger partial charge in [-0.05, 0) is 19.9 Å². The lowest BCUT2D eigenvalue weighted by Crippen LogP contribution is -2.50. The molecule has 2 atom stereocenters. The molecule has 1 fully saturated rings. The predicted molar refractivity (Wildman–Crippen MR) is 69.2 cm³/mol. The lowest BCUT2D eigenvalue weighted by molar-refractivity contribution is 0.0888. The van der Waals surface area contributed by atoms with Crippen molar-refractivity contribution in [3.8, 4) is 0 Å². The van der Waals surface area contributed by atoms with Crippen LogP contribution in [-0.2, 0) is 0 Å². The minimum Gasteiger partial charge on any atom is -0.352 e. The molecule has 100 valence electrons. The Morgan fingerprint density at radius 2 is 2.17 bits per heavy atom. The smallest absolute Gasteiger partial charge is 0.269 e. The molecule has 1 amide bonds. The molecule has 0 unspecified atom stereocenters. The fourth-order valence-corrected chi connectivity index (χ4v) is 2.37. The fraction of sp³-hybridized carbons (Fsp3) is 0.545. The van der Waals surface area contributed by atoms with Crippen molar-refractivity contribution in [2.45, 2.75) is 25.6 Å². The zero-order valence-corrected chi connectivity index (χ0v) is 11.3. The van der Waals surface area contributed by atoms with Gasteiger partial charge in [0.05, 0.1) is 16.1 Å². The van der Waals surface area contributed by atoms with E-state index in [1.54, 1.807) is 6.92 Å². The normalized spacial score (nSPS) is 24.0. The molecule has 1 aliphatic rings. The summed E-state index contributed by atoms with van der Waals surface area (Å²) >= 11 is 11.8. The van der Waals surface area contributed by atoms with Gasteiger partial charge in [-0.3, -0.25) is 4.79 Å². The number of halogens is 3. The lowest BCUT2D eigenvalue weighted by Gasteiger charge is -2.27. The number of rotatable bonds is 2. The minimum atomic E-state index is -1.09. The molecule has 0 saturated carbocycles. The molecule has 0 aliphatic carbocycles. The molecular weight excluding hydrogens is 280 g/mol. The predicted octanol–water partition coefficient (Wildman–Crippen LogP) is 2.06. The summed E-state index contributed by atoms with van der Waals surface area (Å²) in [5.74, 6) is -0.426. The highest BCUT2D eigenvalue weighted by molar-refractivity contribution is 6.44. The zero-order chi connectivity index (χ0) is 13.3. The van der Waals surface area contributed by atoms with Crippen LogP contribution in [0.1, 0.15) is 22.6 Å². The zero-order valence-electron chi connectivity index (χ0n) is 9.82. The highest BCUT2D eigenvalue weighted by Crippen LogP contribution is 2.29. The second-order valence-corrected chi connectivity index (χ2v) is 5.10. The molecule has 2 rings (SSSR count). The number of hydrogen-bond acceptors (Lipinski definition) is 2. The number of hydrogen-bond donors (Lipinski definition) is 3. The number of carbonyl (C=O) groups excluding carboxylic acids is 1. The van der Waals surface area contributed by atoms with E-state index in [9.17, 15) is 9.18 Å². The van der Waals surface area contributed by atoms with Crippen LogP contribution in [0.5, 0.6) is 0 Å². The van der Waals surface area contributed by atoms with Crippen molar-refractivity contribution < 1.29 is 9.18 Å². The van der Waals surface area contributed by atoms with Crippen molar-refractivity contribution >= 4 is 29.1 Å². The third kappa shape index (κ3) is 2.63. The molecule has 1 aliphatic heterocycles. The molecule has 0 bridgehead atoms. The standard InChI is InChI=1S/C11H14Cl2FN3O/c1-5-8(12)9(13)10(16-5)11(18)17-7-2-3-15-4-6(7)14/h6-7,15-16H,2-4H2,1H3,(H,17,18)/t6-,7-/m1/s1. The van der Waals surface area contributed by atoms with E-state index in [1.807, 2.05) is 0 Å². The Morgan fingerprint density at radius 3 is 2.72 bits per heavy atom. The summed E-state index contributed by atoms with van der Waals surface area (Å²) in [4.78, 5) is 14.8. The average molecular weight is 294 g/mol. The summed E-state index contributed by atoms with van der Waals surface area (Å²) in [5, 5.41) is 6.06. The highest BCUT2D eigenvalue weighted by Gasteiger charge is 2.28. The number of piperidine rings is 1. The van der Waals surface area contributed by atoms with Crippen molar-refractivity contribution in [2.24, 2.45) is 0 Å². The number of carbonyl (C=O) groups is 1. The first kappa shape index (κ1) is 13.6. The molecule has 0 radical (unpaired) electrons. The quantitative estimate of drug-likeness (QED) is 0.782. The Balaban J connectivity index is 2.09. The molecule has 1 aromatic heterocycles. The molecule has 4 nitrogen and oxygen atoms in total. The summed E-state index contributed by atoms with van der Waals surface area (Å²) in [6, 6.07) is -0.489. The topological polar surface area (TPSA) is 56.9 Å². The highest BCUT2D eigenvalue weighted by atomic mass is 35.5. The van der Waals surface area contributed by atoms with Gasteiger partial charge in [-0.2, -0.15) is 0 Å². The molecule has 7 heteroatoms. The molecular formula is C11H14Cl2FN3O. The Hall–Kier alpha value is -0.780. The maximum Gasteiger partial charge on any atom is 0.269 e. The van der Waals surface area contributed by atoms with Crippen molar-refractivity contribution in [1.82, 2.24) is 15.6 Å². The second-order valence-electron chi connectivity index (χ2n) is 4.34. The van der Waals surface area contributed by atoms with Gasteiger partial charge in [0.2, 0.25) is 0 Å². The lowest BCUT2D eigenvalue weighted by atomic mass is 10.0. The van der Waals surface area contributed by atoms with Crippen molar-refractivity contribution in [2.75, 3.05) is 13.1 Å². The van der Waals surface area contributed by atoms with Gasteiger partial charge >= 0.3 is 0 Å². The first-order valence-electron chi connectivity index (χ1n) is 5.70. The number of aryl methyl sites for hydroxylation is 1. The Morgan fingerprint density at radius 1 is 1.44 bits per heavy atom. The molecule has 1 aromatic rings. The Kier molecular flexibility index (Phi) is 4.14. The van der Waals surface area contributed by atoms with E-state index in [2.05, 4.69) is 15.6 Å². The summed E-state index contributed by atoms with van der Waals surface area (Å²) in [5.41, 5.74) is 0.804. The van der Waals surface area contributed by atoms with Crippen LogP contribution in [0.3, 0.4) is 0 Å². The SMILES string of the molecule is Cc1[nH]c(C(=O)N[C@@H]2CCNC[C@H]2F)c(Cl)c1Cl. The van der Waals surface area contributed by atoms with Crippen LogP contribution in [0.4, 0.5) is 4.39 Å². The van der Waals surface area contributed by atoms with E-state index in [0.717, 1.165) is 0 Å². The van der Waals surface area contributed by atoms with Gasteiger partial charge in [0.1, 0.15) is 11.9 Å². The molecule has 3 N–H and O–H groups in total. The van der Waals surface area contributed by atoms with E-state index in [0.29, 0.717) is 23.7 Å². The summed E-state index contributed by atoms with van der Waals surface area (Å²) in [7, 11) is 0. The molecule has 18 heavy (non-hydrogen) atoms. The van der Waals surface area contributed by atoms with E-state index < -0.39 is 18.1 Å². The van der Waals surface area contributed by atoms with E-state index in [1.165, 1.54) is 0 Å². The number of aromatic amines is 1. The summed E-state index contributed by atoms with van der Waals surface area (Å²) < 4.78 is 13.6. The summed E-state index contributed by atoms with van der Waals surface area (Å²) in [6.07, 6.45) is -0.536. The fourth-order valence-electron chi connectivity index (χ4n) is 1.95. The summed E-state index contributed by atoms with van der Waals surface area (Å²) in [6.45, 7) is 2.65. The molecule has 2 heterocycles. The average Bonchev–Trinajstić information content (AvgIpc) is 2.60. The molecule has 0 spiro atoms. The number of nitrogens with one attached hydrogen (secondary N) is 3. The van der Waals surface area contributed by atoms with Crippen LogP contribution in [0.25, 0.3) is 0 Å². The first-order chi connectivity index (χ1) is 8.50. The van der Waals surface area contributed by atoms with E-state index >= 15 is 0 Å². The van der Waals surface area contributed by atoms with Crippen LogP contribution in [0.15, 0.2) is 0 Å². The third-order valence-corrected chi connectivity index (χ3v) is 3.95. The van der Waals surface area contributed by atoms with Gasteiger partial charge in [0, 0.05) is 12.2 Å². The van der Waals surface area contributed by atoms with Crippen molar-refractivity contribution in [3.63, 3.8) is 0 Å². The van der Waals surface area contributed by atoms with Gasteiger partial charge in [0.25, 0.3) is 5.91 Å². The number of H-pyrrole nitrogens is 1. The van der Waals surface area contributed by atoms with Crippen LogP contribution in [0.2, 0.25) is 10.0 Å². The van der Waals surface area contributed by atoms with Crippen molar-refractivity contribution in [3.05, 3.63) is 21.4 Å². The maximum atomic E-state index is 13.6. The molecule has 0 aromatic carbocycles. The van der Waals surface area contributed by atoms with Gasteiger partial charge < -0.3 is 15.6 Å². The number of aromatic nitrogens is 1. The van der Waals surface area contributed by atoms with Crippen LogP contribution < -0.4 is 10.6 Å². The van der Waals surface area contributed by atoms with Crippen LogP contribution >= 0.6 is 23.2 Å². The number of alkyl halides is 1. The van der Waals surface area contributed by atoms with E-state index in [-0.39, 0.29) is 17.3 Å². The monoisotopic (exact) mass is 293 g/mol. The Bertz CT molecular complexity index is 463. The van der Waals surface area contributed by atoms with Crippen LogP contribution in [0, 0.1) is 6.92 Å². The van der Waals surface area contributed by atoms with Gasteiger partial charge in [-0.15, -0.1) is 0 Å². The number of amides is 1. The maximum absolute atomic E-state index is 13.6.